The summed E-state index contributed by atoms with van der Waals surface area (Å²) in [5.74, 6) is 0.848. The molecular formula is C29H31N3O6. The highest BCUT2D eigenvalue weighted by Gasteiger charge is 2.35. The van der Waals surface area contributed by atoms with E-state index in [9.17, 15) is 19.5 Å². The molecular weight excluding hydrogens is 486 g/mol. The van der Waals surface area contributed by atoms with E-state index < -0.39 is 24.1 Å². The summed E-state index contributed by atoms with van der Waals surface area (Å²) in [4.78, 5) is 40.6. The zero-order valence-corrected chi connectivity index (χ0v) is 21.6. The fraction of sp³-hybridized carbons (Fsp3) is 0.345. The molecule has 3 aromatic rings. The van der Waals surface area contributed by atoms with Gasteiger partial charge < -0.3 is 24.8 Å². The minimum absolute atomic E-state index is 0.0843. The predicted molar refractivity (Wildman–Crippen MR) is 143 cm³/mol. The molecule has 3 amide bonds. The van der Waals surface area contributed by atoms with Gasteiger partial charge in [-0.1, -0.05) is 36.4 Å². The molecule has 0 saturated heterocycles. The van der Waals surface area contributed by atoms with Crippen molar-refractivity contribution >= 4 is 34.4 Å². The molecule has 2 aliphatic rings. The molecule has 3 aromatic carbocycles. The van der Waals surface area contributed by atoms with Gasteiger partial charge in [-0.05, 0) is 60.2 Å². The number of carboxylic acid groups (broad SMARTS) is 1. The zero-order valence-electron chi connectivity index (χ0n) is 21.6. The third-order valence-corrected chi connectivity index (χ3v) is 7.40. The molecule has 1 fully saturated rings. The van der Waals surface area contributed by atoms with E-state index in [0.717, 1.165) is 21.2 Å². The van der Waals surface area contributed by atoms with Crippen LogP contribution in [0, 0.1) is 0 Å². The molecule has 0 aromatic heterocycles. The highest BCUT2D eigenvalue weighted by molar-refractivity contribution is 6.02. The largest absolute Gasteiger partial charge is 0.496 e. The topological polar surface area (TPSA) is 108 Å². The van der Waals surface area contributed by atoms with Crippen molar-refractivity contribution in [2.24, 2.45) is 0 Å². The lowest BCUT2D eigenvalue weighted by Crippen LogP contribution is -2.55. The molecule has 1 aliphatic carbocycles. The van der Waals surface area contributed by atoms with Gasteiger partial charge in [-0.3, -0.25) is 14.5 Å². The fourth-order valence-corrected chi connectivity index (χ4v) is 4.83. The van der Waals surface area contributed by atoms with Gasteiger partial charge in [0.25, 0.3) is 5.91 Å². The Bertz CT molecular complexity index is 1400. The molecule has 0 unspecified atom stereocenters. The normalized spacial score (nSPS) is 17.7. The van der Waals surface area contributed by atoms with Gasteiger partial charge in [0, 0.05) is 12.6 Å². The first-order valence-electron chi connectivity index (χ1n) is 12.7. The van der Waals surface area contributed by atoms with Crippen LogP contribution in [0.15, 0.2) is 54.6 Å². The molecule has 9 nitrogen and oxygen atoms in total. The van der Waals surface area contributed by atoms with Crippen molar-refractivity contribution in [3.05, 3.63) is 65.7 Å². The maximum atomic E-state index is 13.9. The Labute approximate surface area is 220 Å². The molecule has 0 spiro atoms. The van der Waals surface area contributed by atoms with Crippen LogP contribution < -0.4 is 19.7 Å². The molecule has 2 N–H and O–H groups in total. The number of nitrogens with one attached hydrogen (secondary N) is 1. The molecule has 5 rings (SSSR count). The van der Waals surface area contributed by atoms with Crippen LogP contribution in [0.3, 0.4) is 0 Å². The van der Waals surface area contributed by atoms with Crippen molar-refractivity contribution in [3.63, 3.8) is 0 Å². The molecule has 1 aliphatic heterocycles. The van der Waals surface area contributed by atoms with E-state index in [1.54, 1.807) is 24.1 Å². The van der Waals surface area contributed by atoms with Crippen LogP contribution in [-0.2, 0) is 16.1 Å². The molecule has 0 bridgehead atoms. The van der Waals surface area contributed by atoms with E-state index in [4.69, 9.17) is 9.47 Å². The predicted octanol–water partition coefficient (Wildman–Crippen LogP) is 4.13. The monoisotopic (exact) mass is 517 g/mol. The standard InChI is InChI=1S/C29H31N3O6/c1-17(31(2)29(35)36)27(33)30-23-16-38-26-7-5-4-6-24(26)32(28(23)34)15-22-21-12-10-19(18-8-9-18)14-20(21)11-13-25(22)37-3/h4-7,10-14,17-18,23H,8-9,15-16H2,1-3H3,(H,30,33)(H,35,36)/t17-,23-/m0/s1. The van der Waals surface area contributed by atoms with Crippen LogP contribution >= 0.6 is 0 Å². The second-order valence-electron chi connectivity index (χ2n) is 9.83. The van der Waals surface area contributed by atoms with Crippen LogP contribution in [0.4, 0.5) is 10.5 Å². The van der Waals surface area contributed by atoms with Crippen molar-refractivity contribution in [3.8, 4) is 11.5 Å². The van der Waals surface area contributed by atoms with Crippen molar-refractivity contribution in [1.29, 1.82) is 0 Å². The average Bonchev–Trinajstić information content (AvgIpc) is 3.78. The van der Waals surface area contributed by atoms with E-state index in [-0.39, 0.29) is 19.1 Å². The number of anilines is 1. The van der Waals surface area contributed by atoms with Gasteiger partial charge in [0.2, 0.25) is 5.91 Å². The van der Waals surface area contributed by atoms with Gasteiger partial charge in [0.05, 0.1) is 19.3 Å². The SMILES string of the molecule is COc1ccc2cc(C3CC3)ccc2c1CN1C(=O)[C@@H](NC(=O)[C@H](C)N(C)C(=O)O)COc2ccccc21. The van der Waals surface area contributed by atoms with Gasteiger partial charge in [0.1, 0.15) is 30.2 Å². The van der Waals surface area contributed by atoms with Crippen LogP contribution in [0.1, 0.15) is 36.8 Å². The molecule has 198 valence electrons. The molecule has 2 atom stereocenters. The zero-order chi connectivity index (χ0) is 27.0. The van der Waals surface area contributed by atoms with E-state index in [2.05, 4.69) is 23.5 Å². The number of hydrogen-bond donors (Lipinski definition) is 2. The summed E-state index contributed by atoms with van der Waals surface area (Å²) in [5.41, 5.74) is 2.75. The number of rotatable bonds is 7. The number of amides is 3. The van der Waals surface area contributed by atoms with Crippen molar-refractivity contribution in [2.75, 3.05) is 25.7 Å². The number of benzene rings is 3. The second kappa shape index (κ2) is 10.2. The molecule has 38 heavy (non-hydrogen) atoms. The number of methoxy groups -OCH3 is 1. The van der Waals surface area contributed by atoms with Crippen molar-refractivity contribution in [1.82, 2.24) is 10.2 Å². The maximum Gasteiger partial charge on any atom is 0.407 e. The van der Waals surface area contributed by atoms with Gasteiger partial charge in [-0.15, -0.1) is 0 Å². The van der Waals surface area contributed by atoms with Gasteiger partial charge in [0.15, 0.2) is 0 Å². The Hall–Kier alpha value is -4.27. The van der Waals surface area contributed by atoms with Gasteiger partial charge >= 0.3 is 6.09 Å². The maximum absolute atomic E-state index is 13.9. The van der Waals surface area contributed by atoms with Crippen molar-refractivity contribution < 1.29 is 29.0 Å². The average molecular weight is 518 g/mol. The van der Waals surface area contributed by atoms with Crippen LogP contribution in [0.5, 0.6) is 11.5 Å². The van der Waals surface area contributed by atoms with Crippen molar-refractivity contribution in [2.45, 2.75) is 44.3 Å². The van der Waals surface area contributed by atoms with Crippen LogP contribution in [0.25, 0.3) is 10.8 Å². The van der Waals surface area contributed by atoms with E-state index in [1.807, 2.05) is 24.3 Å². The molecule has 1 heterocycles. The van der Waals surface area contributed by atoms with Gasteiger partial charge in [-0.25, -0.2) is 4.79 Å². The number of ether oxygens (including phenoxy) is 2. The summed E-state index contributed by atoms with van der Waals surface area (Å²) < 4.78 is 11.7. The first-order valence-corrected chi connectivity index (χ1v) is 12.7. The second-order valence-corrected chi connectivity index (χ2v) is 9.83. The first-order chi connectivity index (χ1) is 18.3. The molecule has 0 radical (unpaired) electrons. The van der Waals surface area contributed by atoms with E-state index in [0.29, 0.717) is 23.1 Å². The Balaban J connectivity index is 1.50. The number of hydrogen-bond acceptors (Lipinski definition) is 5. The number of carbonyl (C=O) groups excluding carboxylic acids is 2. The summed E-state index contributed by atoms with van der Waals surface area (Å²) in [7, 11) is 2.91. The summed E-state index contributed by atoms with van der Waals surface area (Å²) >= 11 is 0. The van der Waals surface area contributed by atoms with Crippen LogP contribution in [-0.4, -0.2) is 60.8 Å². The number of likely N-dealkylation sites (N-methyl/N-ethyl adjacent to an activating group) is 1. The van der Waals surface area contributed by atoms with Crippen LogP contribution in [0.2, 0.25) is 0 Å². The third-order valence-electron chi connectivity index (χ3n) is 7.40. The minimum Gasteiger partial charge on any atom is -0.496 e. The minimum atomic E-state index is -1.24. The highest BCUT2D eigenvalue weighted by Crippen LogP contribution is 2.42. The summed E-state index contributed by atoms with van der Waals surface area (Å²) in [6.07, 6.45) is 1.18. The summed E-state index contributed by atoms with van der Waals surface area (Å²) in [6, 6.07) is 15.6. The number of nitrogens with zero attached hydrogens (tertiary/aromatic N) is 2. The quantitative estimate of drug-likeness (QED) is 0.488. The Morgan fingerprint density at radius 1 is 1.18 bits per heavy atom. The van der Waals surface area contributed by atoms with Gasteiger partial charge in [-0.2, -0.15) is 0 Å². The third kappa shape index (κ3) is 4.83. The molecule has 1 saturated carbocycles. The lowest BCUT2D eigenvalue weighted by molar-refractivity contribution is -0.130. The number of fused-ring (bicyclic) bond motifs is 2. The summed E-state index contributed by atoms with van der Waals surface area (Å²) in [5, 5.41) is 14.0. The van der Waals surface area contributed by atoms with E-state index >= 15 is 0 Å². The Morgan fingerprint density at radius 3 is 2.66 bits per heavy atom. The smallest absolute Gasteiger partial charge is 0.407 e. The lowest BCUT2D eigenvalue weighted by Gasteiger charge is -2.28. The number of para-hydroxylation sites is 2. The first kappa shape index (κ1) is 25.4. The van der Waals surface area contributed by atoms with E-state index in [1.165, 1.54) is 32.4 Å². The highest BCUT2D eigenvalue weighted by atomic mass is 16.5. The molecule has 9 heteroatoms. The lowest BCUT2D eigenvalue weighted by atomic mass is 9.98. The number of carbonyl (C=O) groups is 3. The Morgan fingerprint density at radius 2 is 1.95 bits per heavy atom. The Kier molecular flexibility index (Phi) is 6.84. The summed E-state index contributed by atoms with van der Waals surface area (Å²) in [6.45, 7) is 1.58. The fourth-order valence-electron chi connectivity index (χ4n) is 4.83.